The lowest BCUT2D eigenvalue weighted by Gasteiger charge is -2.12. The van der Waals surface area contributed by atoms with Crippen molar-refractivity contribution in [2.75, 3.05) is 5.32 Å². The quantitative estimate of drug-likeness (QED) is 0.662. The Morgan fingerprint density at radius 1 is 1.07 bits per heavy atom. The summed E-state index contributed by atoms with van der Waals surface area (Å²) in [6.45, 7) is -1.93. The Morgan fingerprint density at radius 2 is 1.81 bits per heavy atom. The number of benzene rings is 2. The minimum Gasteiger partial charge on any atom is -0.435 e. The number of hydrogen-bond donors (Lipinski definition) is 2. The van der Waals surface area contributed by atoms with Gasteiger partial charge in [-0.3, -0.25) is 4.68 Å². The van der Waals surface area contributed by atoms with Crippen molar-refractivity contribution in [1.82, 2.24) is 15.1 Å². The molecule has 0 atom stereocenters. The molecule has 2 N–H and O–H groups in total. The third kappa shape index (κ3) is 5.53. The van der Waals surface area contributed by atoms with Gasteiger partial charge in [-0.15, -0.1) is 0 Å². The molecule has 0 aliphatic heterocycles. The van der Waals surface area contributed by atoms with Crippen molar-refractivity contribution < 1.29 is 18.3 Å². The first-order valence-electron chi connectivity index (χ1n) is 8.24. The Balaban J connectivity index is 1.55. The Hall–Kier alpha value is -3.42. The van der Waals surface area contributed by atoms with Gasteiger partial charge in [0.1, 0.15) is 5.75 Å². The van der Waals surface area contributed by atoms with Gasteiger partial charge in [0.15, 0.2) is 0 Å². The lowest BCUT2D eigenvalue weighted by Crippen LogP contribution is -2.28. The molecule has 6 nitrogen and oxygen atoms in total. The summed E-state index contributed by atoms with van der Waals surface area (Å²) in [6, 6.07) is 14.9. The van der Waals surface area contributed by atoms with Crippen LogP contribution >= 0.6 is 0 Å². The zero-order valence-corrected chi connectivity index (χ0v) is 14.3. The van der Waals surface area contributed by atoms with Crippen LogP contribution in [0.1, 0.15) is 11.1 Å². The Bertz CT molecular complexity index is 868. The van der Waals surface area contributed by atoms with Crippen LogP contribution in [0, 0.1) is 0 Å². The van der Waals surface area contributed by atoms with E-state index in [1.165, 1.54) is 24.3 Å². The van der Waals surface area contributed by atoms with Crippen LogP contribution < -0.4 is 15.4 Å². The van der Waals surface area contributed by atoms with Crippen LogP contribution in [0.4, 0.5) is 19.3 Å². The number of urea groups is 1. The molecule has 0 saturated heterocycles. The van der Waals surface area contributed by atoms with Crippen molar-refractivity contribution in [2.45, 2.75) is 19.7 Å². The maximum Gasteiger partial charge on any atom is 0.387 e. The van der Waals surface area contributed by atoms with Gasteiger partial charge in [-0.25, -0.2) is 4.79 Å². The first-order chi connectivity index (χ1) is 13.1. The fraction of sp³-hybridized carbons (Fsp3) is 0.158. The number of hydrogen-bond acceptors (Lipinski definition) is 3. The minimum absolute atomic E-state index is 0.0310. The summed E-state index contributed by atoms with van der Waals surface area (Å²) in [6.07, 6.45) is 3.59. The van der Waals surface area contributed by atoms with E-state index in [-0.39, 0.29) is 5.75 Å². The van der Waals surface area contributed by atoms with Crippen molar-refractivity contribution >= 4 is 11.7 Å². The van der Waals surface area contributed by atoms with Crippen LogP contribution in [0.3, 0.4) is 0 Å². The Morgan fingerprint density at radius 3 is 2.48 bits per heavy atom. The van der Waals surface area contributed by atoms with E-state index in [9.17, 15) is 13.6 Å². The molecule has 0 radical (unpaired) electrons. The average Bonchev–Trinajstić information content (AvgIpc) is 3.15. The molecule has 0 saturated carbocycles. The second-order valence-corrected chi connectivity index (χ2v) is 5.68. The summed E-state index contributed by atoms with van der Waals surface area (Å²) in [5.41, 5.74) is 2.50. The Kier molecular flexibility index (Phi) is 5.98. The van der Waals surface area contributed by atoms with Gasteiger partial charge in [0.2, 0.25) is 0 Å². The zero-order chi connectivity index (χ0) is 19.1. The maximum atomic E-state index is 12.1. The van der Waals surface area contributed by atoms with Gasteiger partial charge < -0.3 is 15.4 Å². The molecule has 8 heteroatoms. The first kappa shape index (κ1) is 18.4. The van der Waals surface area contributed by atoms with Gasteiger partial charge in [-0.2, -0.15) is 13.9 Å². The van der Waals surface area contributed by atoms with Crippen LogP contribution in [-0.2, 0) is 13.1 Å². The van der Waals surface area contributed by atoms with Crippen molar-refractivity contribution in [3.63, 3.8) is 0 Å². The van der Waals surface area contributed by atoms with E-state index >= 15 is 0 Å². The molecule has 0 aliphatic rings. The van der Waals surface area contributed by atoms with Gasteiger partial charge in [0.05, 0.1) is 6.54 Å². The van der Waals surface area contributed by atoms with Crippen LogP contribution in [0.5, 0.6) is 5.75 Å². The monoisotopic (exact) mass is 372 g/mol. The van der Waals surface area contributed by atoms with E-state index in [4.69, 9.17) is 0 Å². The van der Waals surface area contributed by atoms with Gasteiger partial charge >= 0.3 is 12.6 Å². The molecule has 3 rings (SSSR count). The molecule has 2 amide bonds. The number of carbonyl (C=O) groups excluding carboxylic acids is 1. The molecular weight excluding hydrogens is 354 g/mol. The third-order valence-corrected chi connectivity index (χ3v) is 3.79. The number of anilines is 1. The lowest BCUT2D eigenvalue weighted by molar-refractivity contribution is -0.0498. The number of alkyl halides is 2. The largest absolute Gasteiger partial charge is 0.435 e. The minimum atomic E-state index is -2.88. The van der Waals surface area contributed by atoms with E-state index in [0.29, 0.717) is 18.8 Å². The molecule has 0 bridgehead atoms. The number of nitrogens with one attached hydrogen (secondary N) is 2. The second kappa shape index (κ2) is 8.79. The predicted octanol–water partition coefficient (Wildman–Crippen LogP) is 3.85. The van der Waals surface area contributed by atoms with E-state index in [1.807, 2.05) is 41.2 Å². The molecule has 0 unspecified atom stereocenters. The molecule has 3 aromatic rings. The van der Waals surface area contributed by atoms with E-state index in [2.05, 4.69) is 20.5 Å². The molecule has 0 fully saturated rings. The standard InChI is InChI=1S/C19H18F2N4O2/c20-18(21)27-17-8-6-16(7-9-17)24-19(26)22-12-14-4-1-2-5-15(14)13-25-11-3-10-23-25/h1-11,18H,12-13H2,(H2,22,24,26). The number of aromatic nitrogens is 2. The Labute approximate surface area is 154 Å². The average molecular weight is 372 g/mol. The molecule has 0 aliphatic carbocycles. The highest BCUT2D eigenvalue weighted by Crippen LogP contribution is 2.17. The van der Waals surface area contributed by atoms with Crippen molar-refractivity contribution in [2.24, 2.45) is 0 Å². The van der Waals surface area contributed by atoms with Crippen LogP contribution in [0.15, 0.2) is 67.0 Å². The van der Waals surface area contributed by atoms with E-state index < -0.39 is 12.6 Å². The molecule has 1 heterocycles. The van der Waals surface area contributed by atoms with Crippen molar-refractivity contribution in [3.05, 3.63) is 78.1 Å². The SMILES string of the molecule is O=C(NCc1ccccc1Cn1cccn1)Nc1ccc(OC(F)F)cc1. The highest BCUT2D eigenvalue weighted by atomic mass is 19.3. The van der Waals surface area contributed by atoms with Crippen LogP contribution in [0.2, 0.25) is 0 Å². The normalized spacial score (nSPS) is 10.6. The molecule has 2 aromatic carbocycles. The maximum absolute atomic E-state index is 12.1. The summed E-state index contributed by atoms with van der Waals surface area (Å²) in [5, 5.41) is 9.62. The molecule has 27 heavy (non-hydrogen) atoms. The first-order valence-corrected chi connectivity index (χ1v) is 8.24. The molecule has 0 spiro atoms. The highest BCUT2D eigenvalue weighted by Gasteiger charge is 2.07. The van der Waals surface area contributed by atoms with Crippen molar-refractivity contribution in [1.29, 1.82) is 0 Å². The van der Waals surface area contributed by atoms with Crippen LogP contribution in [0.25, 0.3) is 0 Å². The fourth-order valence-electron chi connectivity index (χ4n) is 2.52. The number of halogens is 2. The highest BCUT2D eigenvalue weighted by molar-refractivity contribution is 5.89. The molecule has 140 valence electrons. The van der Waals surface area contributed by atoms with E-state index in [0.717, 1.165) is 11.1 Å². The smallest absolute Gasteiger partial charge is 0.387 e. The summed E-state index contributed by atoms with van der Waals surface area (Å²) in [4.78, 5) is 12.1. The second-order valence-electron chi connectivity index (χ2n) is 5.68. The summed E-state index contributed by atoms with van der Waals surface area (Å²) in [7, 11) is 0. The van der Waals surface area contributed by atoms with Crippen LogP contribution in [-0.4, -0.2) is 22.4 Å². The van der Waals surface area contributed by atoms with Gasteiger partial charge in [-0.05, 0) is 41.5 Å². The number of amides is 2. The topological polar surface area (TPSA) is 68.2 Å². The molecular formula is C19H18F2N4O2. The van der Waals surface area contributed by atoms with Gasteiger partial charge in [0.25, 0.3) is 0 Å². The number of rotatable bonds is 7. The molecule has 1 aromatic heterocycles. The zero-order valence-electron chi connectivity index (χ0n) is 14.3. The summed E-state index contributed by atoms with van der Waals surface area (Å²) >= 11 is 0. The number of nitrogens with zero attached hydrogens (tertiary/aromatic N) is 2. The van der Waals surface area contributed by atoms with Crippen molar-refractivity contribution in [3.8, 4) is 5.75 Å². The summed E-state index contributed by atoms with van der Waals surface area (Å²) in [5.74, 6) is 0.0310. The van der Waals surface area contributed by atoms with E-state index in [1.54, 1.807) is 6.20 Å². The van der Waals surface area contributed by atoms with Gasteiger partial charge in [0, 0.05) is 24.6 Å². The number of ether oxygens (including phenoxy) is 1. The predicted molar refractivity (Wildman–Crippen MR) is 96.7 cm³/mol. The fourth-order valence-corrected chi connectivity index (χ4v) is 2.52. The van der Waals surface area contributed by atoms with Gasteiger partial charge in [-0.1, -0.05) is 24.3 Å². The lowest BCUT2D eigenvalue weighted by atomic mass is 10.1. The third-order valence-electron chi connectivity index (χ3n) is 3.79. The summed E-state index contributed by atoms with van der Waals surface area (Å²) < 4.78 is 30.3. The number of carbonyl (C=O) groups is 1.